The molecular formula is C2H2N3Ti-. The van der Waals surface area contributed by atoms with E-state index in [-0.39, 0.29) is 21.7 Å². The largest absolute Gasteiger partial charge is 0.352 e. The van der Waals surface area contributed by atoms with Gasteiger partial charge in [0.2, 0.25) is 0 Å². The molecule has 0 aliphatic heterocycles. The quantitative estimate of drug-likeness (QED) is 0.370. The average molecular weight is 116 g/mol. The minimum absolute atomic E-state index is 0. The second-order valence-electron chi connectivity index (χ2n) is 0.603. The van der Waals surface area contributed by atoms with E-state index in [4.69, 9.17) is 0 Å². The molecule has 0 amide bonds. The van der Waals surface area contributed by atoms with Crippen molar-refractivity contribution in [2.75, 3.05) is 0 Å². The predicted molar refractivity (Wildman–Crippen MR) is 15.2 cm³/mol. The Morgan fingerprint density at radius 1 is 1.67 bits per heavy atom. The maximum atomic E-state index is 3.29. The van der Waals surface area contributed by atoms with Crippen LogP contribution in [0.15, 0.2) is 6.20 Å². The third kappa shape index (κ3) is 1.33. The van der Waals surface area contributed by atoms with E-state index in [1.54, 1.807) is 0 Å². The molecule has 0 aliphatic rings. The molecule has 0 bridgehead atoms. The van der Waals surface area contributed by atoms with Crippen LogP contribution in [0.5, 0.6) is 0 Å². The summed E-state index contributed by atoms with van der Waals surface area (Å²) in [6.45, 7) is 0. The van der Waals surface area contributed by atoms with E-state index in [1.807, 2.05) is 0 Å². The predicted octanol–water partition coefficient (Wildman–Crippen LogP) is -0.398. The van der Waals surface area contributed by atoms with Gasteiger partial charge in [-0.2, -0.15) is 0 Å². The van der Waals surface area contributed by atoms with Crippen LogP contribution in [0.2, 0.25) is 0 Å². The van der Waals surface area contributed by atoms with E-state index in [0.717, 1.165) is 0 Å². The zero-order chi connectivity index (χ0) is 3.54. The van der Waals surface area contributed by atoms with Gasteiger partial charge in [-0.15, -0.1) is 11.4 Å². The van der Waals surface area contributed by atoms with Crippen LogP contribution in [-0.2, 0) is 21.7 Å². The van der Waals surface area contributed by atoms with Gasteiger partial charge in [-0.25, -0.2) is 0 Å². The maximum Gasteiger partial charge on any atom is 0 e. The molecule has 1 N–H and O–H groups in total. The van der Waals surface area contributed by atoms with Gasteiger partial charge >= 0.3 is 0 Å². The summed E-state index contributed by atoms with van der Waals surface area (Å²) in [6.07, 6.45) is 3.97. The van der Waals surface area contributed by atoms with Crippen molar-refractivity contribution >= 4 is 0 Å². The topological polar surface area (TPSA) is 41.6 Å². The summed E-state index contributed by atoms with van der Waals surface area (Å²) < 4.78 is 0. The molecule has 30 valence electrons. The first-order valence-electron chi connectivity index (χ1n) is 1.22. The molecule has 0 aliphatic carbocycles. The molecule has 0 fully saturated rings. The van der Waals surface area contributed by atoms with Crippen molar-refractivity contribution in [3.05, 3.63) is 12.4 Å². The van der Waals surface area contributed by atoms with Gasteiger partial charge in [0.25, 0.3) is 0 Å². The average Bonchev–Trinajstić information content (AvgIpc) is 1.76. The Kier molecular flexibility index (Phi) is 2.99. The summed E-state index contributed by atoms with van der Waals surface area (Å²) in [4.78, 5) is 0. The van der Waals surface area contributed by atoms with E-state index in [1.165, 1.54) is 6.20 Å². The van der Waals surface area contributed by atoms with E-state index in [0.29, 0.717) is 0 Å². The Bertz CT molecular complexity index is 65.3. The minimum Gasteiger partial charge on any atom is -0.352 e. The summed E-state index contributed by atoms with van der Waals surface area (Å²) in [5.41, 5.74) is 0. The fourth-order valence-electron chi connectivity index (χ4n) is 0.144. The molecule has 0 spiro atoms. The number of aromatic amines is 1. The Morgan fingerprint density at radius 3 is 2.67 bits per heavy atom. The van der Waals surface area contributed by atoms with Crippen molar-refractivity contribution in [2.45, 2.75) is 0 Å². The molecule has 1 aromatic heterocycles. The second-order valence-corrected chi connectivity index (χ2v) is 0.603. The zero-order valence-corrected chi connectivity index (χ0v) is 4.53. The minimum atomic E-state index is 0. The Morgan fingerprint density at radius 2 is 2.50 bits per heavy atom. The van der Waals surface area contributed by atoms with Gasteiger partial charge in [0.15, 0.2) is 0 Å². The second kappa shape index (κ2) is 3.06. The maximum absolute atomic E-state index is 3.29. The van der Waals surface area contributed by atoms with Gasteiger partial charge in [0.1, 0.15) is 0 Å². The molecule has 0 saturated carbocycles. The molecule has 0 radical (unpaired) electrons. The van der Waals surface area contributed by atoms with Crippen molar-refractivity contribution in [2.24, 2.45) is 0 Å². The molecule has 1 heterocycles. The first-order chi connectivity index (χ1) is 2.50. The van der Waals surface area contributed by atoms with Crippen LogP contribution >= 0.6 is 0 Å². The molecule has 0 saturated heterocycles. The van der Waals surface area contributed by atoms with Crippen molar-refractivity contribution in [1.82, 2.24) is 15.4 Å². The summed E-state index contributed by atoms with van der Waals surface area (Å²) in [7, 11) is 0. The van der Waals surface area contributed by atoms with E-state index < -0.39 is 0 Å². The number of aromatic nitrogens is 3. The smallest absolute Gasteiger partial charge is 0 e. The molecular weight excluding hydrogens is 114 g/mol. The molecule has 3 nitrogen and oxygen atoms in total. The van der Waals surface area contributed by atoms with Crippen molar-refractivity contribution in [1.29, 1.82) is 0 Å². The summed E-state index contributed by atoms with van der Waals surface area (Å²) in [5, 5.41) is 9.03. The fraction of sp³-hybridized carbons (Fsp3) is 0. The first-order valence-corrected chi connectivity index (χ1v) is 1.22. The number of nitrogens with one attached hydrogen (secondary N) is 1. The Balaban J connectivity index is 0.000000250. The number of H-pyrrole nitrogens is 1. The number of hydrogen-bond donors (Lipinski definition) is 1. The number of rotatable bonds is 0. The zero-order valence-electron chi connectivity index (χ0n) is 2.97. The molecule has 4 heteroatoms. The number of nitrogens with zero attached hydrogens (tertiary/aromatic N) is 2. The monoisotopic (exact) mass is 116 g/mol. The van der Waals surface area contributed by atoms with Gasteiger partial charge in [-0.1, -0.05) is 0 Å². The van der Waals surface area contributed by atoms with Crippen molar-refractivity contribution in [3.63, 3.8) is 0 Å². The fourth-order valence-corrected chi connectivity index (χ4v) is 0.144. The Labute approximate surface area is 50.0 Å². The summed E-state index contributed by atoms with van der Waals surface area (Å²) >= 11 is 0. The molecule has 0 aromatic carbocycles. The van der Waals surface area contributed by atoms with E-state index in [2.05, 4.69) is 21.6 Å². The summed E-state index contributed by atoms with van der Waals surface area (Å²) in [6, 6.07) is 0. The molecule has 0 atom stereocenters. The van der Waals surface area contributed by atoms with Gasteiger partial charge < -0.3 is 16.4 Å². The van der Waals surface area contributed by atoms with E-state index >= 15 is 0 Å². The van der Waals surface area contributed by atoms with Crippen LogP contribution in [0.25, 0.3) is 0 Å². The first kappa shape index (κ1) is 5.85. The van der Waals surface area contributed by atoms with Gasteiger partial charge in [0.05, 0.1) is 0 Å². The van der Waals surface area contributed by atoms with Gasteiger partial charge in [0, 0.05) is 21.7 Å². The third-order valence-corrected chi connectivity index (χ3v) is 0.295. The van der Waals surface area contributed by atoms with Crippen LogP contribution in [0, 0.1) is 6.20 Å². The summed E-state index contributed by atoms with van der Waals surface area (Å²) in [5.74, 6) is 0. The normalized spacial score (nSPS) is 6.67. The van der Waals surface area contributed by atoms with Crippen molar-refractivity contribution < 1.29 is 21.7 Å². The van der Waals surface area contributed by atoms with Gasteiger partial charge in [-0.05, 0) is 0 Å². The SMILES string of the molecule is [Ti].[c-]1c[nH]nn1. The van der Waals surface area contributed by atoms with Crippen LogP contribution in [0.3, 0.4) is 0 Å². The van der Waals surface area contributed by atoms with Crippen LogP contribution in [0.1, 0.15) is 0 Å². The van der Waals surface area contributed by atoms with Crippen LogP contribution < -0.4 is 0 Å². The van der Waals surface area contributed by atoms with E-state index in [9.17, 15) is 0 Å². The van der Waals surface area contributed by atoms with Crippen LogP contribution in [0.4, 0.5) is 0 Å². The van der Waals surface area contributed by atoms with Crippen LogP contribution in [-0.4, -0.2) is 15.4 Å². The molecule has 6 heavy (non-hydrogen) atoms. The molecule has 0 unspecified atom stereocenters. The van der Waals surface area contributed by atoms with Crippen molar-refractivity contribution in [3.8, 4) is 0 Å². The Hall–Kier alpha value is -0.146. The third-order valence-electron chi connectivity index (χ3n) is 0.295. The molecule has 1 aromatic rings. The standard InChI is InChI=1S/C2H2N3.Ti/c1-2-4-5-3-1;/h1H,(H,3,4,5);/q-1;. The molecule has 1 rings (SSSR count). The van der Waals surface area contributed by atoms with Gasteiger partial charge in [-0.3, -0.25) is 0 Å². The number of hydrogen-bond acceptors (Lipinski definition) is 2.